The van der Waals surface area contributed by atoms with Crippen LogP contribution < -0.4 is 5.73 Å². The van der Waals surface area contributed by atoms with Gasteiger partial charge in [0.05, 0.1) is 0 Å². The second kappa shape index (κ2) is 16.7. The molecule has 2 N–H and O–H groups in total. The Balaban J connectivity index is 0.000000518. The first-order valence-corrected chi connectivity index (χ1v) is 9.55. The summed E-state index contributed by atoms with van der Waals surface area (Å²) in [7, 11) is 0. The number of nitrogens with two attached hydrogens (primary N) is 1. The Morgan fingerprint density at radius 3 is 1.64 bits per heavy atom. The van der Waals surface area contributed by atoms with Gasteiger partial charge in [-0.3, -0.25) is 0 Å². The number of rotatable bonds is 11. The molecular weight excluding hydrogens is 290 g/mol. The third kappa shape index (κ3) is 17.4. The van der Waals surface area contributed by atoms with Crippen LogP contribution in [0.25, 0.3) is 0 Å². The van der Waals surface area contributed by atoms with Gasteiger partial charge in [-0.05, 0) is 25.5 Å². The molecule has 0 aliphatic rings. The molecule has 1 atom stereocenters. The van der Waals surface area contributed by atoms with Crippen molar-refractivity contribution in [3.05, 3.63) is 30.3 Å². The van der Waals surface area contributed by atoms with E-state index in [1.54, 1.807) is 0 Å². The zero-order chi connectivity index (χ0) is 16.5. The van der Waals surface area contributed by atoms with Crippen LogP contribution in [0, 0.1) is 0 Å². The summed E-state index contributed by atoms with van der Waals surface area (Å²) in [4.78, 5) is 0. The van der Waals surface area contributed by atoms with Crippen molar-refractivity contribution >= 4 is 17.3 Å². The number of alkyl halides is 1. The molecule has 0 fully saturated rings. The van der Waals surface area contributed by atoms with Gasteiger partial charge in [0.25, 0.3) is 0 Å². The Bertz CT molecular complexity index is 311. The van der Waals surface area contributed by atoms with E-state index in [2.05, 4.69) is 13.8 Å². The quantitative estimate of drug-likeness (QED) is 0.260. The van der Waals surface area contributed by atoms with Gasteiger partial charge in [0.2, 0.25) is 0 Å². The molecule has 0 radical (unpaired) electrons. The molecule has 0 aliphatic heterocycles. The maximum Gasteiger partial charge on any atom is 0.0313 e. The molecule has 22 heavy (non-hydrogen) atoms. The minimum absolute atomic E-state index is 0.374. The first-order chi connectivity index (χ1) is 10.7. The second-order valence-electron chi connectivity index (χ2n) is 6.16. The summed E-state index contributed by atoms with van der Waals surface area (Å²) in [5, 5.41) is 0.374. The van der Waals surface area contributed by atoms with Crippen LogP contribution in [0.1, 0.15) is 84.5 Å². The largest absolute Gasteiger partial charge is 0.399 e. The lowest BCUT2D eigenvalue weighted by molar-refractivity contribution is 0.548. The van der Waals surface area contributed by atoms with Gasteiger partial charge < -0.3 is 5.73 Å². The Morgan fingerprint density at radius 1 is 0.818 bits per heavy atom. The number of halogens is 1. The molecule has 0 bridgehead atoms. The van der Waals surface area contributed by atoms with E-state index in [1.807, 2.05) is 30.3 Å². The Kier molecular flexibility index (Phi) is 16.2. The van der Waals surface area contributed by atoms with Gasteiger partial charge in [-0.25, -0.2) is 0 Å². The van der Waals surface area contributed by atoms with Crippen LogP contribution in [0.3, 0.4) is 0 Å². The summed E-state index contributed by atoms with van der Waals surface area (Å²) in [6, 6.07) is 9.49. The maximum atomic E-state index is 5.89. The van der Waals surface area contributed by atoms with Crippen molar-refractivity contribution in [3.63, 3.8) is 0 Å². The van der Waals surface area contributed by atoms with Crippen LogP contribution in [0.15, 0.2) is 30.3 Å². The van der Waals surface area contributed by atoms with Crippen LogP contribution in [-0.2, 0) is 0 Å². The summed E-state index contributed by atoms with van der Waals surface area (Å²) >= 11 is 5.89. The van der Waals surface area contributed by atoms with Crippen LogP contribution in [0.4, 0.5) is 5.69 Å². The number of para-hydroxylation sites is 1. The Morgan fingerprint density at radius 2 is 1.27 bits per heavy atom. The molecule has 0 amide bonds. The number of nitrogen functional groups attached to an aromatic ring is 1. The van der Waals surface area contributed by atoms with E-state index in [9.17, 15) is 0 Å². The van der Waals surface area contributed by atoms with E-state index in [-0.39, 0.29) is 0 Å². The fraction of sp³-hybridized carbons (Fsp3) is 0.700. The van der Waals surface area contributed by atoms with Gasteiger partial charge >= 0.3 is 0 Å². The zero-order valence-corrected chi connectivity index (χ0v) is 15.5. The average molecular weight is 326 g/mol. The highest BCUT2D eigenvalue weighted by atomic mass is 35.5. The SMILES string of the molecule is CCCCCCCCCCCCC(C)Cl.Nc1ccccc1. The fourth-order valence-electron chi connectivity index (χ4n) is 2.37. The first-order valence-electron chi connectivity index (χ1n) is 9.11. The molecule has 1 nitrogen and oxygen atoms in total. The van der Waals surface area contributed by atoms with E-state index in [0.717, 1.165) is 5.69 Å². The first kappa shape index (κ1) is 21.3. The van der Waals surface area contributed by atoms with Crippen molar-refractivity contribution < 1.29 is 0 Å². The molecule has 0 spiro atoms. The van der Waals surface area contributed by atoms with E-state index in [0.29, 0.717) is 5.38 Å². The highest BCUT2D eigenvalue weighted by Gasteiger charge is 1.96. The van der Waals surface area contributed by atoms with Crippen molar-refractivity contribution in [3.8, 4) is 0 Å². The Labute approximate surface area is 143 Å². The molecule has 0 heterocycles. The molecule has 1 aromatic carbocycles. The molecule has 0 aliphatic carbocycles. The topological polar surface area (TPSA) is 26.0 Å². The molecule has 128 valence electrons. The summed E-state index contributed by atoms with van der Waals surface area (Å²) in [6.07, 6.45) is 15.3. The molecule has 1 rings (SSSR count). The van der Waals surface area contributed by atoms with Gasteiger partial charge in [0, 0.05) is 11.1 Å². The third-order valence-corrected chi connectivity index (χ3v) is 3.97. The zero-order valence-electron chi connectivity index (χ0n) is 14.7. The van der Waals surface area contributed by atoms with Crippen molar-refractivity contribution in [2.45, 2.75) is 89.9 Å². The Hall–Kier alpha value is -0.690. The monoisotopic (exact) mass is 325 g/mol. The van der Waals surface area contributed by atoms with Gasteiger partial charge in [0.1, 0.15) is 0 Å². The lowest BCUT2D eigenvalue weighted by atomic mass is 10.1. The van der Waals surface area contributed by atoms with E-state index < -0.39 is 0 Å². The van der Waals surface area contributed by atoms with Gasteiger partial charge in [-0.1, -0.05) is 89.3 Å². The fourth-order valence-corrected chi connectivity index (χ4v) is 2.52. The summed E-state index contributed by atoms with van der Waals surface area (Å²) < 4.78 is 0. The molecule has 1 aromatic rings. The number of hydrogen-bond acceptors (Lipinski definition) is 1. The van der Waals surface area contributed by atoms with Crippen LogP contribution in [-0.4, -0.2) is 5.38 Å². The lowest BCUT2D eigenvalue weighted by Crippen LogP contribution is -1.90. The molecule has 0 saturated heterocycles. The minimum atomic E-state index is 0.374. The van der Waals surface area contributed by atoms with Gasteiger partial charge in [0.15, 0.2) is 0 Å². The highest BCUT2D eigenvalue weighted by Crippen LogP contribution is 2.13. The summed E-state index contributed by atoms with van der Waals surface area (Å²) in [5.74, 6) is 0. The number of hydrogen-bond donors (Lipinski definition) is 1. The second-order valence-corrected chi connectivity index (χ2v) is 6.91. The van der Waals surface area contributed by atoms with E-state index in [1.165, 1.54) is 70.6 Å². The smallest absolute Gasteiger partial charge is 0.0313 e. The molecule has 1 unspecified atom stereocenters. The number of anilines is 1. The standard InChI is InChI=1S/C14H29Cl.C6H7N/c1-3-4-5-6-7-8-9-10-11-12-13-14(2)15;7-6-4-2-1-3-5-6/h14H,3-13H2,1-2H3;1-5H,7H2. The highest BCUT2D eigenvalue weighted by molar-refractivity contribution is 6.20. The van der Waals surface area contributed by atoms with Gasteiger partial charge in [-0.2, -0.15) is 0 Å². The molecular formula is C20H36ClN. The van der Waals surface area contributed by atoms with Crippen LogP contribution in [0.2, 0.25) is 0 Å². The van der Waals surface area contributed by atoms with Crippen LogP contribution in [0.5, 0.6) is 0 Å². The average Bonchev–Trinajstić information content (AvgIpc) is 2.50. The molecule has 2 heteroatoms. The lowest BCUT2D eigenvalue weighted by Gasteiger charge is -2.03. The predicted molar refractivity (Wildman–Crippen MR) is 103 cm³/mol. The van der Waals surface area contributed by atoms with E-state index >= 15 is 0 Å². The summed E-state index contributed by atoms with van der Waals surface area (Å²) in [6.45, 7) is 4.37. The third-order valence-electron chi connectivity index (χ3n) is 3.76. The predicted octanol–water partition coefficient (Wildman–Crippen LogP) is 7.19. The molecule has 0 saturated carbocycles. The number of benzene rings is 1. The maximum absolute atomic E-state index is 5.89. The van der Waals surface area contributed by atoms with Crippen molar-refractivity contribution in [1.29, 1.82) is 0 Å². The number of unbranched alkanes of at least 4 members (excludes halogenated alkanes) is 9. The van der Waals surface area contributed by atoms with Crippen molar-refractivity contribution in [1.82, 2.24) is 0 Å². The summed E-state index contributed by atoms with van der Waals surface area (Å²) in [5.41, 5.74) is 6.18. The van der Waals surface area contributed by atoms with Crippen LogP contribution >= 0.6 is 11.6 Å². The van der Waals surface area contributed by atoms with E-state index in [4.69, 9.17) is 17.3 Å². The van der Waals surface area contributed by atoms with Gasteiger partial charge in [-0.15, -0.1) is 11.6 Å². The normalized spacial score (nSPS) is 11.6. The minimum Gasteiger partial charge on any atom is -0.399 e. The van der Waals surface area contributed by atoms with Crippen molar-refractivity contribution in [2.75, 3.05) is 5.73 Å². The molecule has 0 aromatic heterocycles. The van der Waals surface area contributed by atoms with Crippen molar-refractivity contribution in [2.24, 2.45) is 0 Å².